The Kier molecular flexibility index (Phi) is 5.97. The molecule has 25 heavy (non-hydrogen) atoms. The van der Waals surface area contributed by atoms with Crippen molar-refractivity contribution in [3.63, 3.8) is 0 Å². The first-order valence-electron chi connectivity index (χ1n) is 7.50. The van der Waals surface area contributed by atoms with Crippen LogP contribution in [0, 0.1) is 5.82 Å². The van der Waals surface area contributed by atoms with Crippen LogP contribution in [0.1, 0.15) is 19.4 Å². The molecule has 0 bridgehead atoms. The molecular weight excluding hydrogens is 347 g/mol. The van der Waals surface area contributed by atoms with E-state index >= 15 is 0 Å². The van der Waals surface area contributed by atoms with Gasteiger partial charge in [0.1, 0.15) is 5.75 Å². The van der Waals surface area contributed by atoms with Gasteiger partial charge in [-0.15, -0.1) is 0 Å². The van der Waals surface area contributed by atoms with E-state index in [0.29, 0.717) is 23.6 Å². The van der Waals surface area contributed by atoms with Crippen molar-refractivity contribution in [1.82, 2.24) is 4.83 Å². The summed E-state index contributed by atoms with van der Waals surface area (Å²) in [5.41, 5.74) is 0.753. The van der Waals surface area contributed by atoms with Crippen LogP contribution in [0.25, 0.3) is 0 Å². The van der Waals surface area contributed by atoms with Gasteiger partial charge in [0.15, 0.2) is 11.6 Å². The molecule has 0 aromatic heterocycles. The van der Waals surface area contributed by atoms with E-state index in [-0.39, 0.29) is 10.6 Å². The number of hydrogen-bond acceptors (Lipinski definition) is 5. The molecule has 0 aliphatic heterocycles. The van der Waals surface area contributed by atoms with Crippen LogP contribution in [0.2, 0.25) is 0 Å². The first kappa shape index (κ1) is 18.7. The zero-order valence-corrected chi connectivity index (χ0v) is 14.9. The highest BCUT2D eigenvalue weighted by Crippen LogP contribution is 2.19. The molecule has 0 aliphatic carbocycles. The van der Waals surface area contributed by atoms with Crippen molar-refractivity contribution < 1.29 is 22.3 Å². The van der Waals surface area contributed by atoms with Gasteiger partial charge >= 0.3 is 0 Å². The number of hydrazone groups is 1. The third kappa shape index (κ3) is 4.69. The second-order valence-electron chi connectivity index (χ2n) is 5.05. The average molecular weight is 366 g/mol. The lowest BCUT2D eigenvalue weighted by Gasteiger charge is -2.08. The van der Waals surface area contributed by atoms with Crippen molar-refractivity contribution in [1.29, 1.82) is 0 Å². The van der Waals surface area contributed by atoms with Crippen LogP contribution < -0.4 is 14.3 Å². The van der Waals surface area contributed by atoms with Gasteiger partial charge in [0.25, 0.3) is 10.0 Å². The van der Waals surface area contributed by atoms with Crippen LogP contribution in [-0.4, -0.2) is 27.8 Å². The lowest BCUT2D eigenvalue weighted by atomic mass is 10.1. The number of nitrogens with zero attached hydrogens (tertiary/aromatic N) is 1. The van der Waals surface area contributed by atoms with Crippen LogP contribution in [0.5, 0.6) is 11.5 Å². The molecular formula is C17H19FN2O4S. The first-order chi connectivity index (χ1) is 11.9. The standard InChI is InChI=1S/C17H19FN2O4S/c1-4-24-14-6-8-15(9-7-14)25(21,22)20-19-12(2)13-5-10-17(23-3)16(18)11-13/h5-11,20H,4H2,1-3H3/b19-12-. The molecule has 0 aliphatic rings. The minimum absolute atomic E-state index is 0.0495. The molecule has 6 nitrogen and oxygen atoms in total. The second-order valence-corrected chi connectivity index (χ2v) is 6.71. The molecule has 8 heteroatoms. The molecule has 0 heterocycles. The van der Waals surface area contributed by atoms with Crippen molar-refractivity contribution in [3.8, 4) is 11.5 Å². The van der Waals surface area contributed by atoms with Gasteiger partial charge in [-0.1, -0.05) is 0 Å². The number of hydrogen-bond donors (Lipinski definition) is 1. The molecule has 134 valence electrons. The number of benzene rings is 2. The smallest absolute Gasteiger partial charge is 0.276 e. The summed E-state index contributed by atoms with van der Waals surface area (Å²) in [6.07, 6.45) is 0. The van der Waals surface area contributed by atoms with Crippen LogP contribution >= 0.6 is 0 Å². The Morgan fingerprint density at radius 3 is 2.44 bits per heavy atom. The summed E-state index contributed by atoms with van der Waals surface area (Å²) in [5, 5.41) is 3.84. The van der Waals surface area contributed by atoms with E-state index in [0.717, 1.165) is 0 Å². The van der Waals surface area contributed by atoms with Gasteiger partial charge in [0.2, 0.25) is 0 Å². The number of methoxy groups -OCH3 is 1. The number of halogens is 1. The van der Waals surface area contributed by atoms with E-state index in [2.05, 4.69) is 9.93 Å². The van der Waals surface area contributed by atoms with Gasteiger partial charge in [-0.25, -0.2) is 4.39 Å². The Labute approximate surface area is 146 Å². The summed E-state index contributed by atoms with van der Waals surface area (Å²) in [4.78, 5) is 2.19. The van der Waals surface area contributed by atoms with Gasteiger partial charge in [0.05, 0.1) is 24.3 Å². The fraction of sp³-hybridized carbons (Fsp3) is 0.235. The Morgan fingerprint density at radius 1 is 1.20 bits per heavy atom. The summed E-state index contributed by atoms with van der Waals surface area (Å²) in [6.45, 7) is 3.90. The summed E-state index contributed by atoms with van der Waals surface area (Å²) >= 11 is 0. The van der Waals surface area contributed by atoms with Crippen molar-refractivity contribution >= 4 is 15.7 Å². The molecule has 0 atom stereocenters. The molecule has 0 amide bonds. The summed E-state index contributed by atoms with van der Waals surface area (Å²) in [6, 6.07) is 10.2. The third-order valence-electron chi connectivity index (χ3n) is 3.35. The largest absolute Gasteiger partial charge is 0.494 e. The van der Waals surface area contributed by atoms with Crippen LogP contribution in [0.15, 0.2) is 52.5 Å². The molecule has 0 spiro atoms. The van der Waals surface area contributed by atoms with Crippen LogP contribution in [0.4, 0.5) is 4.39 Å². The third-order valence-corrected chi connectivity index (χ3v) is 4.57. The summed E-state index contributed by atoms with van der Waals surface area (Å²) < 4.78 is 48.3. The zero-order valence-electron chi connectivity index (χ0n) is 14.1. The summed E-state index contributed by atoms with van der Waals surface area (Å²) in [5.74, 6) is 0.130. The van der Waals surface area contributed by atoms with E-state index < -0.39 is 15.8 Å². The fourth-order valence-corrected chi connectivity index (χ4v) is 2.88. The van der Waals surface area contributed by atoms with E-state index in [4.69, 9.17) is 9.47 Å². The van der Waals surface area contributed by atoms with Crippen molar-refractivity contribution in [3.05, 3.63) is 53.8 Å². The fourth-order valence-electron chi connectivity index (χ4n) is 2.02. The molecule has 0 fully saturated rings. The lowest BCUT2D eigenvalue weighted by Crippen LogP contribution is -2.20. The van der Waals surface area contributed by atoms with Crippen LogP contribution in [-0.2, 0) is 10.0 Å². The number of sulfonamides is 1. The maximum Gasteiger partial charge on any atom is 0.276 e. The zero-order chi connectivity index (χ0) is 18.4. The molecule has 2 rings (SSSR count). The van der Waals surface area contributed by atoms with Gasteiger partial charge in [-0.05, 0) is 56.3 Å². The molecule has 0 saturated heterocycles. The van der Waals surface area contributed by atoms with E-state index in [9.17, 15) is 12.8 Å². The molecule has 2 aromatic carbocycles. The minimum Gasteiger partial charge on any atom is -0.494 e. The predicted molar refractivity (Wildman–Crippen MR) is 93.1 cm³/mol. The minimum atomic E-state index is -3.83. The van der Waals surface area contributed by atoms with E-state index in [1.807, 2.05) is 6.92 Å². The Balaban J connectivity index is 2.16. The Morgan fingerprint density at radius 2 is 1.88 bits per heavy atom. The maximum absolute atomic E-state index is 13.7. The van der Waals surface area contributed by atoms with E-state index in [1.54, 1.807) is 25.1 Å². The normalized spacial score (nSPS) is 11.9. The topological polar surface area (TPSA) is 77.0 Å². The highest BCUT2D eigenvalue weighted by atomic mass is 32.2. The maximum atomic E-state index is 13.7. The average Bonchev–Trinajstić information content (AvgIpc) is 2.60. The highest BCUT2D eigenvalue weighted by molar-refractivity contribution is 7.89. The van der Waals surface area contributed by atoms with Crippen molar-refractivity contribution in [2.45, 2.75) is 18.7 Å². The van der Waals surface area contributed by atoms with Gasteiger partial charge in [-0.3, -0.25) is 0 Å². The predicted octanol–water partition coefficient (Wildman–Crippen LogP) is 2.94. The number of ether oxygens (including phenoxy) is 2. The molecule has 1 N–H and O–H groups in total. The van der Waals surface area contributed by atoms with Crippen molar-refractivity contribution in [2.75, 3.05) is 13.7 Å². The lowest BCUT2D eigenvalue weighted by molar-refractivity contribution is 0.340. The SMILES string of the molecule is CCOc1ccc(S(=O)(=O)N/N=C(/C)c2ccc(OC)c(F)c2)cc1. The van der Waals surface area contributed by atoms with E-state index in [1.165, 1.54) is 31.4 Å². The van der Waals surface area contributed by atoms with Gasteiger partial charge in [0, 0.05) is 5.56 Å². The highest BCUT2D eigenvalue weighted by Gasteiger charge is 2.13. The Hall–Kier alpha value is -2.61. The molecule has 0 saturated carbocycles. The first-order valence-corrected chi connectivity index (χ1v) is 8.98. The Bertz CT molecular complexity index is 865. The van der Waals surface area contributed by atoms with Gasteiger partial charge < -0.3 is 9.47 Å². The second kappa shape index (κ2) is 7.98. The molecule has 0 unspecified atom stereocenters. The number of rotatable bonds is 7. The van der Waals surface area contributed by atoms with Crippen LogP contribution in [0.3, 0.4) is 0 Å². The molecule has 2 aromatic rings. The quantitative estimate of drug-likeness (QED) is 0.604. The van der Waals surface area contributed by atoms with Gasteiger partial charge in [-0.2, -0.15) is 18.4 Å². The molecule has 0 radical (unpaired) electrons. The summed E-state index contributed by atoms with van der Waals surface area (Å²) in [7, 11) is -2.46. The number of nitrogens with one attached hydrogen (secondary N) is 1. The monoisotopic (exact) mass is 366 g/mol. The van der Waals surface area contributed by atoms with Crippen molar-refractivity contribution in [2.24, 2.45) is 5.10 Å².